The van der Waals surface area contributed by atoms with Crippen LogP contribution in [0.4, 0.5) is 0 Å². The standard InChI is InChI=1S/C13H16N2O2/c1-9-12(6-7-14)13(17-15-9)10-4-3-5-11(8-10)16-2/h3-5,8H,6-7,14H2,1-2H3. The molecule has 0 spiro atoms. The van der Waals surface area contributed by atoms with Gasteiger partial charge in [-0.05, 0) is 32.0 Å². The number of benzene rings is 1. The van der Waals surface area contributed by atoms with Gasteiger partial charge in [-0.15, -0.1) is 0 Å². The van der Waals surface area contributed by atoms with Crippen LogP contribution in [0.15, 0.2) is 28.8 Å². The highest BCUT2D eigenvalue weighted by Crippen LogP contribution is 2.28. The van der Waals surface area contributed by atoms with Crippen molar-refractivity contribution in [3.63, 3.8) is 0 Å². The van der Waals surface area contributed by atoms with E-state index >= 15 is 0 Å². The van der Waals surface area contributed by atoms with Crippen molar-refractivity contribution in [1.29, 1.82) is 0 Å². The lowest BCUT2D eigenvalue weighted by Crippen LogP contribution is -2.04. The molecule has 1 aromatic heterocycles. The van der Waals surface area contributed by atoms with E-state index in [1.807, 2.05) is 31.2 Å². The fourth-order valence-electron chi connectivity index (χ4n) is 1.82. The van der Waals surface area contributed by atoms with Crippen molar-refractivity contribution in [1.82, 2.24) is 5.16 Å². The first-order chi connectivity index (χ1) is 8.26. The Labute approximate surface area is 100 Å². The maximum atomic E-state index is 5.60. The summed E-state index contributed by atoms with van der Waals surface area (Å²) in [5.41, 5.74) is 8.53. The summed E-state index contributed by atoms with van der Waals surface area (Å²) in [6, 6.07) is 7.73. The molecule has 0 radical (unpaired) electrons. The molecule has 4 heteroatoms. The van der Waals surface area contributed by atoms with Crippen molar-refractivity contribution in [2.45, 2.75) is 13.3 Å². The second kappa shape index (κ2) is 5.01. The van der Waals surface area contributed by atoms with Crippen LogP contribution in [0.2, 0.25) is 0 Å². The Balaban J connectivity index is 2.44. The highest BCUT2D eigenvalue weighted by Gasteiger charge is 2.14. The third-order valence-electron chi connectivity index (χ3n) is 2.71. The van der Waals surface area contributed by atoms with E-state index in [1.165, 1.54) is 0 Å². The van der Waals surface area contributed by atoms with Gasteiger partial charge >= 0.3 is 0 Å². The Morgan fingerprint density at radius 3 is 2.94 bits per heavy atom. The molecule has 0 fully saturated rings. The number of nitrogens with two attached hydrogens (primary N) is 1. The minimum absolute atomic E-state index is 0.582. The average Bonchev–Trinajstić information content (AvgIpc) is 2.72. The fourth-order valence-corrected chi connectivity index (χ4v) is 1.82. The van der Waals surface area contributed by atoms with Gasteiger partial charge in [0.2, 0.25) is 0 Å². The Kier molecular flexibility index (Phi) is 3.44. The Hall–Kier alpha value is -1.81. The number of aromatic nitrogens is 1. The Morgan fingerprint density at radius 2 is 2.24 bits per heavy atom. The van der Waals surface area contributed by atoms with Crippen molar-refractivity contribution >= 4 is 0 Å². The monoisotopic (exact) mass is 232 g/mol. The minimum atomic E-state index is 0.582. The molecule has 0 amide bonds. The molecule has 0 unspecified atom stereocenters. The lowest BCUT2D eigenvalue weighted by molar-refractivity contribution is 0.413. The van der Waals surface area contributed by atoms with Gasteiger partial charge in [0.25, 0.3) is 0 Å². The predicted molar refractivity (Wildman–Crippen MR) is 66.0 cm³/mol. The van der Waals surface area contributed by atoms with Gasteiger partial charge in [-0.1, -0.05) is 17.3 Å². The summed E-state index contributed by atoms with van der Waals surface area (Å²) in [5.74, 6) is 1.59. The van der Waals surface area contributed by atoms with Crippen LogP contribution < -0.4 is 10.5 Å². The lowest BCUT2D eigenvalue weighted by Gasteiger charge is -2.03. The number of methoxy groups -OCH3 is 1. The van der Waals surface area contributed by atoms with E-state index in [1.54, 1.807) is 7.11 Å². The zero-order valence-electron chi connectivity index (χ0n) is 10.1. The molecule has 0 aliphatic carbocycles. The van der Waals surface area contributed by atoms with Gasteiger partial charge in [-0.3, -0.25) is 0 Å². The first-order valence-electron chi connectivity index (χ1n) is 5.56. The van der Waals surface area contributed by atoms with Crippen molar-refractivity contribution in [2.24, 2.45) is 5.73 Å². The summed E-state index contributed by atoms with van der Waals surface area (Å²) < 4.78 is 10.6. The topological polar surface area (TPSA) is 61.3 Å². The second-order valence-corrected chi connectivity index (χ2v) is 3.85. The third kappa shape index (κ3) is 2.31. The Morgan fingerprint density at radius 1 is 1.41 bits per heavy atom. The Bertz CT molecular complexity index is 506. The molecule has 0 saturated heterocycles. The molecular weight excluding hydrogens is 216 g/mol. The molecule has 90 valence electrons. The van der Waals surface area contributed by atoms with E-state index in [9.17, 15) is 0 Å². The molecule has 2 N–H and O–H groups in total. The van der Waals surface area contributed by atoms with Crippen LogP contribution >= 0.6 is 0 Å². The normalized spacial score (nSPS) is 10.5. The maximum Gasteiger partial charge on any atom is 0.170 e. The van der Waals surface area contributed by atoms with Crippen LogP contribution in [0.1, 0.15) is 11.3 Å². The molecule has 0 aliphatic rings. The quantitative estimate of drug-likeness (QED) is 0.877. The summed E-state index contributed by atoms with van der Waals surface area (Å²) in [5, 5.41) is 4.00. The van der Waals surface area contributed by atoms with Gasteiger partial charge in [-0.2, -0.15) is 0 Å². The molecule has 0 saturated carbocycles. The van der Waals surface area contributed by atoms with E-state index in [4.69, 9.17) is 15.0 Å². The van der Waals surface area contributed by atoms with E-state index < -0.39 is 0 Å². The largest absolute Gasteiger partial charge is 0.497 e. The van der Waals surface area contributed by atoms with Gasteiger partial charge in [0, 0.05) is 11.1 Å². The van der Waals surface area contributed by atoms with Gasteiger partial charge in [0.15, 0.2) is 5.76 Å². The molecule has 0 bridgehead atoms. The molecule has 2 aromatic rings. The van der Waals surface area contributed by atoms with Crippen LogP contribution in [-0.2, 0) is 6.42 Å². The van der Waals surface area contributed by atoms with E-state index in [0.29, 0.717) is 6.54 Å². The van der Waals surface area contributed by atoms with Crippen LogP contribution in [0.25, 0.3) is 11.3 Å². The van der Waals surface area contributed by atoms with Gasteiger partial charge in [0.05, 0.1) is 12.8 Å². The summed E-state index contributed by atoms with van der Waals surface area (Å²) in [6.07, 6.45) is 0.766. The van der Waals surface area contributed by atoms with E-state index in [2.05, 4.69) is 5.16 Å². The first-order valence-corrected chi connectivity index (χ1v) is 5.56. The van der Waals surface area contributed by atoms with Gasteiger partial charge in [-0.25, -0.2) is 0 Å². The summed E-state index contributed by atoms with van der Waals surface area (Å²) in [4.78, 5) is 0. The predicted octanol–water partition coefficient (Wildman–Crippen LogP) is 2.16. The van der Waals surface area contributed by atoms with Crippen molar-refractivity contribution in [3.8, 4) is 17.1 Å². The van der Waals surface area contributed by atoms with Crippen molar-refractivity contribution < 1.29 is 9.26 Å². The molecule has 4 nitrogen and oxygen atoms in total. The minimum Gasteiger partial charge on any atom is -0.497 e. The molecule has 1 aromatic carbocycles. The highest BCUT2D eigenvalue weighted by molar-refractivity contribution is 5.63. The number of hydrogen-bond acceptors (Lipinski definition) is 4. The van der Waals surface area contributed by atoms with E-state index in [-0.39, 0.29) is 0 Å². The zero-order valence-corrected chi connectivity index (χ0v) is 10.1. The molecule has 2 rings (SSSR count). The van der Waals surface area contributed by atoms with Crippen molar-refractivity contribution in [2.75, 3.05) is 13.7 Å². The van der Waals surface area contributed by atoms with E-state index in [0.717, 1.165) is 34.8 Å². The third-order valence-corrected chi connectivity index (χ3v) is 2.71. The number of hydrogen-bond donors (Lipinski definition) is 1. The summed E-state index contributed by atoms with van der Waals surface area (Å²) in [7, 11) is 1.64. The van der Waals surface area contributed by atoms with Crippen LogP contribution in [0.3, 0.4) is 0 Å². The molecule has 0 atom stereocenters. The smallest absolute Gasteiger partial charge is 0.170 e. The number of aryl methyl sites for hydroxylation is 1. The number of nitrogens with zero attached hydrogens (tertiary/aromatic N) is 1. The molecule has 17 heavy (non-hydrogen) atoms. The number of rotatable bonds is 4. The zero-order chi connectivity index (χ0) is 12.3. The second-order valence-electron chi connectivity index (χ2n) is 3.85. The van der Waals surface area contributed by atoms with Crippen LogP contribution in [-0.4, -0.2) is 18.8 Å². The summed E-state index contributed by atoms with van der Waals surface area (Å²) in [6.45, 7) is 2.51. The molecule has 1 heterocycles. The number of ether oxygens (including phenoxy) is 1. The van der Waals surface area contributed by atoms with Crippen LogP contribution in [0, 0.1) is 6.92 Å². The molecular formula is C13H16N2O2. The van der Waals surface area contributed by atoms with Crippen molar-refractivity contribution in [3.05, 3.63) is 35.5 Å². The SMILES string of the molecule is COc1cccc(-c2onc(C)c2CCN)c1. The first kappa shape index (κ1) is 11.7. The van der Waals surface area contributed by atoms with Gasteiger partial charge in [0.1, 0.15) is 5.75 Å². The lowest BCUT2D eigenvalue weighted by atomic mass is 10.0. The highest BCUT2D eigenvalue weighted by atomic mass is 16.5. The average molecular weight is 232 g/mol. The van der Waals surface area contributed by atoms with Gasteiger partial charge < -0.3 is 15.0 Å². The van der Waals surface area contributed by atoms with Crippen LogP contribution in [0.5, 0.6) is 5.75 Å². The molecule has 0 aliphatic heterocycles. The maximum absolute atomic E-state index is 5.60. The summed E-state index contributed by atoms with van der Waals surface area (Å²) >= 11 is 0. The fraction of sp³-hybridized carbons (Fsp3) is 0.308.